The number of hydrogen-bond acceptors (Lipinski definition) is 4. The molecular weight excluding hydrogens is 409 g/mol. The molecule has 1 unspecified atom stereocenters. The van der Waals surface area contributed by atoms with Crippen molar-refractivity contribution < 1.29 is 8.42 Å². The van der Waals surface area contributed by atoms with Crippen LogP contribution in [0.25, 0.3) is 0 Å². The normalized spacial score (nSPS) is 20.8. The lowest BCUT2D eigenvalue weighted by Gasteiger charge is -2.36. The molecular formula is C12H26IN3O2S2. The van der Waals surface area contributed by atoms with Crippen molar-refractivity contribution in [2.24, 2.45) is 10.9 Å². The fourth-order valence-electron chi connectivity index (χ4n) is 1.95. The molecule has 1 heterocycles. The second kappa shape index (κ2) is 9.34. The molecule has 20 heavy (non-hydrogen) atoms. The van der Waals surface area contributed by atoms with E-state index < -0.39 is 9.84 Å². The zero-order valence-electron chi connectivity index (χ0n) is 12.6. The van der Waals surface area contributed by atoms with Gasteiger partial charge in [0.2, 0.25) is 0 Å². The van der Waals surface area contributed by atoms with Crippen LogP contribution >= 0.6 is 35.7 Å². The van der Waals surface area contributed by atoms with Gasteiger partial charge in [-0.05, 0) is 5.92 Å². The first-order valence-corrected chi connectivity index (χ1v) is 9.69. The van der Waals surface area contributed by atoms with E-state index in [9.17, 15) is 8.42 Å². The third kappa shape index (κ3) is 7.35. The molecule has 0 radical (unpaired) electrons. The monoisotopic (exact) mass is 435 g/mol. The summed E-state index contributed by atoms with van der Waals surface area (Å²) in [5.41, 5.74) is 0. The quantitative estimate of drug-likeness (QED) is 0.410. The molecule has 0 amide bonds. The molecule has 1 rings (SSSR count). The van der Waals surface area contributed by atoms with Gasteiger partial charge in [0.1, 0.15) is 9.84 Å². The third-order valence-corrected chi connectivity index (χ3v) is 5.59. The molecule has 0 spiro atoms. The lowest BCUT2D eigenvalue weighted by Crippen LogP contribution is -2.49. The van der Waals surface area contributed by atoms with Crippen molar-refractivity contribution in [1.29, 1.82) is 0 Å². The fourth-order valence-corrected chi connectivity index (χ4v) is 3.72. The van der Waals surface area contributed by atoms with E-state index in [0.29, 0.717) is 17.7 Å². The van der Waals surface area contributed by atoms with Crippen molar-refractivity contribution in [2.45, 2.75) is 19.1 Å². The second-order valence-electron chi connectivity index (χ2n) is 5.20. The summed E-state index contributed by atoms with van der Waals surface area (Å²) in [6, 6.07) is 0. The van der Waals surface area contributed by atoms with Crippen LogP contribution in [-0.4, -0.2) is 69.0 Å². The molecule has 0 aromatic rings. The molecule has 5 nitrogen and oxygen atoms in total. The lowest BCUT2D eigenvalue weighted by molar-refractivity contribution is 0.382. The van der Waals surface area contributed by atoms with E-state index in [1.807, 2.05) is 11.8 Å². The number of thioether (sulfide) groups is 1. The van der Waals surface area contributed by atoms with Crippen LogP contribution in [0.2, 0.25) is 0 Å². The zero-order chi connectivity index (χ0) is 14.5. The van der Waals surface area contributed by atoms with Crippen LogP contribution in [0.5, 0.6) is 0 Å². The third-order valence-electron chi connectivity index (χ3n) is 3.10. The Bertz CT molecular complexity index is 413. The standard InChI is InChI=1S/C12H25N3O2S2.HI/c1-10(2)11-9-15(6-7-18-11)12(13-3)14-5-8-19(4,16)17;/h10-11H,5-9H2,1-4H3,(H,13,14);1H. The second-order valence-corrected chi connectivity index (χ2v) is 8.81. The van der Waals surface area contributed by atoms with Crippen LogP contribution < -0.4 is 5.32 Å². The Labute approximate surface area is 144 Å². The highest BCUT2D eigenvalue weighted by Crippen LogP contribution is 2.24. The largest absolute Gasteiger partial charge is 0.355 e. The first kappa shape index (κ1) is 20.3. The summed E-state index contributed by atoms with van der Waals surface area (Å²) < 4.78 is 22.2. The molecule has 120 valence electrons. The minimum Gasteiger partial charge on any atom is -0.355 e. The summed E-state index contributed by atoms with van der Waals surface area (Å²) in [6.07, 6.45) is 1.25. The summed E-state index contributed by atoms with van der Waals surface area (Å²) in [4.78, 5) is 6.48. The summed E-state index contributed by atoms with van der Waals surface area (Å²) in [7, 11) is -1.18. The molecule has 0 aromatic heterocycles. The van der Waals surface area contributed by atoms with Crippen molar-refractivity contribution in [3.05, 3.63) is 0 Å². The average molecular weight is 435 g/mol. The number of aliphatic imine (C=N–C) groups is 1. The van der Waals surface area contributed by atoms with Crippen molar-refractivity contribution in [3.63, 3.8) is 0 Å². The van der Waals surface area contributed by atoms with Gasteiger partial charge in [-0.1, -0.05) is 13.8 Å². The number of rotatable bonds is 4. The lowest BCUT2D eigenvalue weighted by atomic mass is 10.1. The first-order chi connectivity index (χ1) is 8.83. The molecule has 1 atom stereocenters. The van der Waals surface area contributed by atoms with Gasteiger partial charge in [0, 0.05) is 43.9 Å². The highest BCUT2D eigenvalue weighted by atomic mass is 127. The van der Waals surface area contributed by atoms with Crippen LogP contribution in [0.3, 0.4) is 0 Å². The van der Waals surface area contributed by atoms with Crippen molar-refractivity contribution >= 4 is 51.5 Å². The van der Waals surface area contributed by atoms with Gasteiger partial charge >= 0.3 is 0 Å². The van der Waals surface area contributed by atoms with E-state index in [0.717, 1.165) is 24.8 Å². The van der Waals surface area contributed by atoms with Crippen molar-refractivity contribution in [2.75, 3.05) is 44.4 Å². The molecule has 8 heteroatoms. The van der Waals surface area contributed by atoms with Crippen LogP contribution in [-0.2, 0) is 9.84 Å². The van der Waals surface area contributed by atoms with E-state index >= 15 is 0 Å². The maximum atomic E-state index is 11.1. The Hall–Kier alpha value is 0.300. The predicted octanol–water partition coefficient (Wildman–Crippen LogP) is 1.30. The predicted molar refractivity (Wildman–Crippen MR) is 99.1 cm³/mol. The van der Waals surface area contributed by atoms with E-state index in [4.69, 9.17) is 0 Å². The number of halogens is 1. The van der Waals surface area contributed by atoms with Gasteiger partial charge < -0.3 is 10.2 Å². The molecule has 1 N–H and O–H groups in total. The summed E-state index contributed by atoms with van der Waals surface area (Å²) in [6.45, 7) is 6.83. The SMILES string of the molecule is CN=C(NCCS(C)(=O)=O)N1CCSC(C(C)C)C1.I. The maximum Gasteiger partial charge on any atom is 0.193 e. The van der Waals surface area contributed by atoms with Gasteiger partial charge in [0.05, 0.1) is 5.75 Å². The molecule has 0 bridgehead atoms. The minimum atomic E-state index is -2.92. The van der Waals surface area contributed by atoms with Gasteiger partial charge in [-0.15, -0.1) is 24.0 Å². The van der Waals surface area contributed by atoms with Crippen LogP contribution in [0.1, 0.15) is 13.8 Å². The first-order valence-electron chi connectivity index (χ1n) is 6.58. The minimum absolute atomic E-state index is 0. The Balaban J connectivity index is 0.00000361. The number of sulfone groups is 1. The number of nitrogens with zero attached hydrogens (tertiary/aromatic N) is 2. The molecule has 0 aliphatic carbocycles. The molecule has 0 aromatic carbocycles. The highest BCUT2D eigenvalue weighted by molar-refractivity contribution is 14.0. The Kier molecular flexibility index (Phi) is 9.48. The van der Waals surface area contributed by atoms with Gasteiger partial charge in [0.25, 0.3) is 0 Å². The van der Waals surface area contributed by atoms with Crippen LogP contribution in [0, 0.1) is 5.92 Å². The van der Waals surface area contributed by atoms with Crippen LogP contribution in [0.15, 0.2) is 4.99 Å². The molecule has 1 aliphatic heterocycles. The van der Waals surface area contributed by atoms with E-state index in [-0.39, 0.29) is 29.7 Å². The Morgan fingerprint density at radius 1 is 1.50 bits per heavy atom. The summed E-state index contributed by atoms with van der Waals surface area (Å²) >= 11 is 2.01. The number of hydrogen-bond donors (Lipinski definition) is 1. The molecule has 0 saturated carbocycles. The number of nitrogens with one attached hydrogen (secondary N) is 1. The van der Waals surface area contributed by atoms with E-state index in [1.54, 1.807) is 7.05 Å². The van der Waals surface area contributed by atoms with E-state index in [2.05, 4.69) is 29.1 Å². The van der Waals surface area contributed by atoms with E-state index in [1.165, 1.54) is 6.26 Å². The smallest absolute Gasteiger partial charge is 0.193 e. The van der Waals surface area contributed by atoms with Gasteiger partial charge in [-0.25, -0.2) is 8.42 Å². The average Bonchev–Trinajstić information content (AvgIpc) is 2.33. The molecule has 1 saturated heterocycles. The Morgan fingerprint density at radius 3 is 2.65 bits per heavy atom. The molecule has 1 aliphatic rings. The van der Waals surface area contributed by atoms with Crippen molar-refractivity contribution in [1.82, 2.24) is 10.2 Å². The fraction of sp³-hybridized carbons (Fsp3) is 0.917. The van der Waals surface area contributed by atoms with Gasteiger partial charge in [0.15, 0.2) is 5.96 Å². The van der Waals surface area contributed by atoms with Crippen molar-refractivity contribution in [3.8, 4) is 0 Å². The molecule has 1 fully saturated rings. The van der Waals surface area contributed by atoms with Crippen LogP contribution in [0.4, 0.5) is 0 Å². The van der Waals surface area contributed by atoms with Gasteiger partial charge in [-0.3, -0.25) is 4.99 Å². The summed E-state index contributed by atoms with van der Waals surface area (Å²) in [5.74, 6) is 2.69. The maximum absolute atomic E-state index is 11.1. The Morgan fingerprint density at radius 2 is 2.15 bits per heavy atom. The zero-order valence-corrected chi connectivity index (χ0v) is 16.6. The highest BCUT2D eigenvalue weighted by Gasteiger charge is 2.24. The van der Waals surface area contributed by atoms with Gasteiger partial charge in [-0.2, -0.15) is 11.8 Å². The topological polar surface area (TPSA) is 61.8 Å². The summed E-state index contributed by atoms with van der Waals surface area (Å²) in [5, 5.41) is 3.76. The number of guanidine groups is 1.